The number of nitrogens with one attached hydrogen (secondary N) is 2. The molecule has 0 radical (unpaired) electrons. The van der Waals surface area contributed by atoms with Gasteiger partial charge < -0.3 is 5.32 Å². The Bertz CT molecular complexity index is 579. The summed E-state index contributed by atoms with van der Waals surface area (Å²) in [5.74, 6) is -1.36. The lowest BCUT2D eigenvalue weighted by Gasteiger charge is -2.13. The van der Waals surface area contributed by atoms with Crippen LogP contribution in [0.4, 0.5) is 23.7 Å². The minimum absolute atomic E-state index is 0.211. The number of thioether (sulfide) groups is 1. The molecule has 0 saturated carbocycles. The zero-order chi connectivity index (χ0) is 17.7. The molecule has 0 heterocycles. The second kappa shape index (κ2) is 8.32. The summed E-state index contributed by atoms with van der Waals surface area (Å²) in [5, 5.41) is 4.11. The molecule has 1 rings (SSSR count). The Labute approximate surface area is 149 Å². The smallest absolute Gasteiger partial charge is 0.307 e. The lowest BCUT2D eigenvalue weighted by molar-refractivity contribution is -0.129. The highest BCUT2D eigenvalue weighted by Gasteiger charge is 2.32. The van der Waals surface area contributed by atoms with Gasteiger partial charge >= 0.3 is 12.2 Å². The van der Waals surface area contributed by atoms with Crippen LogP contribution in [-0.2, 0) is 4.79 Å². The number of hydrogen-bond acceptors (Lipinski definition) is 3. The quantitative estimate of drug-likeness (QED) is 0.557. The minimum atomic E-state index is -4.26. The Morgan fingerprint density at radius 3 is 2.30 bits per heavy atom. The maximum Gasteiger partial charge on any atom is 0.389 e. The predicted molar refractivity (Wildman–Crippen MR) is 85.3 cm³/mol. The Hall–Kier alpha value is -0.830. The Morgan fingerprint density at radius 1 is 1.13 bits per heavy atom. The normalized spacial score (nSPS) is 11.9. The van der Waals surface area contributed by atoms with E-state index in [1.54, 1.807) is 17.4 Å². The number of urea groups is 1. The lowest BCUT2D eigenvalue weighted by Crippen LogP contribution is -2.41. The van der Waals surface area contributed by atoms with Gasteiger partial charge in [-0.3, -0.25) is 10.1 Å². The second-order valence-corrected chi connectivity index (χ2v) is 7.53. The molecule has 0 aliphatic carbocycles. The summed E-state index contributed by atoms with van der Waals surface area (Å²) >= 11 is 16.8. The Kier molecular flexibility index (Phi) is 7.31. The molecule has 4 nitrogen and oxygen atoms in total. The van der Waals surface area contributed by atoms with Crippen LogP contribution in [0.3, 0.4) is 0 Å². The van der Waals surface area contributed by atoms with E-state index in [-0.39, 0.29) is 11.4 Å². The average molecular weight is 410 g/mol. The molecule has 2 N–H and O–H groups in total. The summed E-state index contributed by atoms with van der Waals surface area (Å²) in [5.41, 5.74) is 0.231. The van der Waals surface area contributed by atoms with Crippen molar-refractivity contribution in [2.75, 3.05) is 11.1 Å². The number of imide groups is 1. The molecule has 1 aromatic rings. The van der Waals surface area contributed by atoms with Crippen LogP contribution in [0.15, 0.2) is 29.2 Å². The fourth-order valence-electron chi connectivity index (χ4n) is 1.30. The maximum absolute atomic E-state index is 12.2. The number of carbonyl (C=O) groups is 2. The van der Waals surface area contributed by atoms with Gasteiger partial charge in [-0.05, 0) is 12.1 Å². The number of para-hydroxylation sites is 1. The van der Waals surface area contributed by atoms with E-state index in [1.807, 2.05) is 0 Å². The van der Waals surface area contributed by atoms with Crippen molar-refractivity contribution in [2.24, 2.45) is 0 Å². The zero-order valence-corrected chi connectivity index (χ0v) is 14.3. The molecule has 1 aromatic carbocycles. The fraction of sp³-hybridized carbons (Fsp3) is 0.333. The number of halogens is 6. The van der Waals surface area contributed by atoms with Crippen LogP contribution >= 0.6 is 46.6 Å². The standard InChI is InChI=1S/C12H10Cl3F3N2O2S/c13-12(14,15)9(21)20-10(22)19-7-3-1-2-4-8(7)23-6-5-11(16,17)18/h1-4H,5-6H2,(H2,19,20,21,22). The van der Waals surface area contributed by atoms with Crippen molar-refractivity contribution in [1.29, 1.82) is 0 Å². The summed E-state index contributed by atoms with van der Waals surface area (Å²) in [6.45, 7) is 0. The molecule has 128 valence electrons. The number of hydrogen-bond donors (Lipinski definition) is 2. The number of carbonyl (C=O) groups excluding carboxylic acids is 2. The van der Waals surface area contributed by atoms with E-state index in [1.165, 1.54) is 12.1 Å². The first-order valence-electron chi connectivity index (χ1n) is 5.97. The van der Waals surface area contributed by atoms with E-state index in [2.05, 4.69) is 5.32 Å². The molecule has 0 aromatic heterocycles. The third-order valence-electron chi connectivity index (χ3n) is 2.26. The number of rotatable bonds is 4. The van der Waals surface area contributed by atoms with Gasteiger partial charge in [0.2, 0.25) is 0 Å². The van der Waals surface area contributed by atoms with Gasteiger partial charge in [0, 0.05) is 10.6 Å². The predicted octanol–water partition coefficient (Wildman–Crippen LogP) is 4.75. The number of anilines is 1. The van der Waals surface area contributed by atoms with Gasteiger partial charge in [0.05, 0.1) is 12.1 Å². The van der Waals surface area contributed by atoms with Crippen LogP contribution in [0.2, 0.25) is 0 Å². The molecule has 0 aliphatic rings. The van der Waals surface area contributed by atoms with Gasteiger partial charge in [-0.25, -0.2) is 4.79 Å². The molecule has 0 unspecified atom stereocenters. The molecular formula is C12H10Cl3F3N2O2S. The Morgan fingerprint density at radius 2 is 1.74 bits per heavy atom. The topological polar surface area (TPSA) is 58.2 Å². The third-order valence-corrected chi connectivity index (χ3v) is 3.85. The Balaban J connectivity index is 2.66. The molecule has 0 bridgehead atoms. The molecule has 11 heteroatoms. The van der Waals surface area contributed by atoms with Gasteiger partial charge in [-0.1, -0.05) is 46.9 Å². The first-order chi connectivity index (χ1) is 10.5. The van der Waals surface area contributed by atoms with Crippen molar-refractivity contribution < 1.29 is 22.8 Å². The fourth-order valence-corrected chi connectivity index (χ4v) is 2.44. The van der Waals surface area contributed by atoms with Crippen LogP contribution in [-0.4, -0.2) is 27.7 Å². The molecule has 23 heavy (non-hydrogen) atoms. The van der Waals surface area contributed by atoms with E-state index < -0.39 is 28.3 Å². The molecular weight excluding hydrogens is 400 g/mol. The molecule has 3 amide bonds. The number of benzene rings is 1. The molecule has 0 saturated heterocycles. The van der Waals surface area contributed by atoms with Crippen molar-refractivity contribution in [3.05, 3.63) is 24.3 Å². The summed E-state index contributed by atoms with van der Waals surface area (Å²) in [6, 6.07) is 5.21. The largest absolute Gasteiger partial charge is 0.389 e. The average Bonchev–Trinajstić information content (AvgIpc) is 2.38. The van der Waals surface area contributed by atoms with E-state index >= 15 is 0 Å². The van der Waals surface area contributed by atoms with Crippen LogP contribution in [0.5, 0.6) is 0 Å². The van der Waals surface area contributed by atoms with Crippen molar-refractivity contribution >= 4 is 64.2 Å². The summed E-state index contributed by atoms with van der Waals surface area (Å²) in [4.78, 5) is 23.4. The van der Waals surface area contributed by atoms with Gasteiger partial charge in [0.25, 0.3) is 9.70 Å². The molecule has 0 atom stereocenters. The molecule has 0 aliphatic heterocycles. The summed E-state index contributed by atoms with van der Waals surface area (Å²) in [7, 11) is 0. The minimum Gasteiger partial charge on any atom is -0.307 e. The first-order valence-corrected chi connectivity index (χ1v) is 8.09. The highest BCUT2D eigenvalue weighted by Crippen LogP contribution is 2.31. The van der Waals surface area contributed by atoms with Crippen LogP contribution in [0, 0.1) is 0 Å². The highest BCUT2D eigenvalue weighted by molar-refractivity contribution is 7.99. The maximum atomic E-state index is 12.2. The number of alkyl halides is 6. The summed E-state index contributed by atoms with van der Waals surface area (Å²) in [6.07, 6.45) is -5.23. The van der Waals surface area contributed by atoms with Crippen LogP contribution in [0.1, 0.15) is 6.42 Å². The monoisotopic (exact) mass is 408 g/mol. The lowest BCUT2D eigenvalue weighted by atomic mass is 10.3. The van der Waals surface area contributed by atoms with Gasteiger partial charge in [-0.15, -0.1) is 11.8 Å². The third kappa shape index (κ3) is 8.01. The second-order valence-electron chi connectivity index (χ2n) is 4.12. The summed E-state index contributed by atoms with van der Waals surface area (Å²) < 4.78 is 34.2. The van der Waals surface area contributed by atoms with Crippen LogP contribution < -0.4 is 10.6 Å². The molecule has 0 spiro atoms. The van der Waals surface area contributed by atoms with Crippen molar-refractivity contribution in [3.8, 4) is 0 Å². The van der Waals surface area contributed by atoms with Gasteiger partial charge in [0.1, 0.15) is 0 Å². The van der Waals surface area contributed by atoms with E-state index in [0.717, 1.165) is 11.8 Å². The van der Waals surface area contributed by atoms with E-state index in [9.17, 15) is 22.8 Å². The van der Waals surface area contributed by atoms with E-state index in [0.29, 0.717) is 4.90 Å². The van der Waals surface area contributed by atoms with E-state index in [4.69, 9.17) is 34.8 Å². The SMILES string of the molecule is O=C(NC(=O)C(Cl)(Cl)Cl)Nc1ccccc1SCCC(F)(F)F. The van der Waals surface area contributed by atoms with Crippen molar-refractivity contribution in [1.82, 2.24) is 5.32 Å². The zero-order valence-electron chi connectivity index (χ0n) is 11.2. The van der Waals surface area contributed by atoms with Crippen molar-refractivity contribution in [2.45, 2.75) is 21.3 Å². The number of amides is 3. The van der Waals surface area contributed by atoms with Gasteiger partial charge in [0.15, 0.2) is 0 Å². The first kappa shape index (κ1) is 20.2. The van der Waals surface area contributed by atoms with Crippen molar-refractivity contribution in [3.63, 3.8) is 0 Å². The highest BCUT2D eigenvalue weighted by atomic mass is 35.6. The van der Waals surface area contributed by atoms with Crippen LogP contribution in [0.25, 0.3) is 0 Å². The van der Waals surface area contributed by atoms with Gasteiger partial charge in [-0.2, -0.15) is 13.2 Å². The molecule has 0 fully saturated rings.